The number of aromatic nitrogens is 4. The van der Waals surface area contributed by atoms with Crippen molar-refractivity contribution in [2.75, 3.05) is 0 Å². The second-order valence-electron chi connectivity index (χ2n) is 3.33. The molecule has 1 N–H and O–H groups in total. The van der Waals surface area contributed by atoms with Gasteiger partial charge in [-0.1, -0.05) is 36.4 Å². The summed E-state index contributed by atoms with van der Waals surface area (Å²) in [6, 6.07) is 9.62. The van der Waals surface area contributed by atoms with Crippen LogP contribution in [0.15, 0.2) is 30.3 Å². The zero-order chi connectivity index (χ0) is 12.1. The Morgan fingerprint density at radius 2 is 2.06 bits per heavy atom. The SMILES string of the molecule is O=C(O)Cn1nnnc1/C=C/c1ccccc1. The Morgan fingerprint density at radius 3 is 2.76 bits per heavy atom. The van der Waals surface area contributed by atoms with E-state index >= 15 is 0 Å². The molecule has 0 spiro atoms. The predicted octanol–water partition coefficient (Wildman–Crippen LogP) is 0.928. The van der Waals surface area contributed by atoms with Gasteiger partial charge in [0.25, 0.3) is 0 Å². The summed E-state index contributed by atoms with van der Waals surface area (Å²) in [5.74, 6) is -0.567. The maximum atomic E-state index is 10.6. The lowest BCUT2D eigenvalue weighted by atomic mass is 10.2. The molecule has 0 bridgehead atoms. The van der Waals surface area contributed by atoms with Crippen molar-refractivity contribution in [3.8, 4) is 0 Å². The molecule has 6 nitrogen and oxygen atoms in total. The maximum Gasteiger partial charge on any atom is 0.325 e. The number of carbonyl (C=O) groups is 1. The predicted molar refractivity (Wildman–Crippen MR) is 60.8 cm³/mol. The second kappa shape index (κ2) is 5.02. The van der Waals surface area contributed by atoms with Crippen LogP contribution in [0.25, 0.3) is 12.2 Å². The lowest BCUT2D eigenvalue weighted by Gasteiger charge is -1.96. The summed E-state index contributed by atoms with van der Waals surface area (Å²) in [6.07, 6.45) is 3.50. The van der Waals surface area contributed by atoms with Gasteiger partial charge in [0.15, 0.2) is 5.82 Å². The molecule has 0 amide bonds. The Balaban J connectivity index is 2.16. The third-order valence-corrected chi connectivity index (χ3v) is 2.07. The van der Waals surface area contributed by atoms with Gasteiger partial charge in [0.05, 0.1) is 0 Å². The molecule has 0 aliphatic carbocycles. The van der Waals surface area contributed by atoms with E-state index in [0.717, 1.165) is 5.56 Å². The van der Waals surface area contributed by atoms with Crippen LogP contribution in [0.1, 0.15) is 11.4 Å². The molecule has 86 valence electrons. The first-order chi connectivity index (χ1) is 8.25. The van der Waals surface area contributed by atoms with E-state index in [2.05, 4.69) is 15.5 Å². The Hall–Kier alpha value is -2.50. The van der Waals surface area contributed by atoms with E-state index < -0.39 is 5.97 Å². The zero-order valence-electron chi connectivity index (χ0n) is 8.89. The number of nitrogens with zero attached hydrogens (tertiary/aromatic N) is 4. The lowest BCUT2D eigenvalue weighted by Crippen LogP contribution is -2.11. The summed E-state index contributed by atoms with van der Waals surface area (Å²) in [7, 11) is 0. The van der Waals surface area contributed by atoms with Gasteiger partial charge in [0.1, 0.15) is 6.54 Å². The first-order valence-corrected chi connectivity index (χ1v) is 4.97. The van der Waals surface area contributed by atoms with E-state index in [0.29, 0.717) is 5.82 Å². The fourth-order valence-electron chi connectivity index (χ4n) is 1.31. The molecular formula is C11H10N4O2. The largest absolute Gasteiger partial charge is 0.480 e. The van der Waals surface area contributed by atoms with Crippen molar-refractivity contribution in [1.29, 1.82) is 0 Å². The molecule has 1 aromatic heterocycles. The van der Waals surface area contributed by atoms with E-state index in [9.17, 15) is 4.79 Å². The number of aliphatic carboxylic acids is 1. The van der Waals surface area contributed by atoms with Crippen LogP contribution in [0.3, 0.4) is 0 Å². The number of hydrogen-bond donors (Lipinski definition) is 1. The van der Waals surface area contributed by atoms with E-state index in [1.165, 1.54) is 4.68 Å². The summed E-state index contributed by atoms with van der Waals surface area (Å²) in [4.78, 5) is 10.6. The molecule has 0 saturated carbocycles. The molecule has 0 fully saturated rings. The van der Waals surface area contributed by atoms with Crippen LogP contribution in [-0.4, -0.2) is 31.3 Å². The summed E-state index contributed by atoms with van der Waals surface area (Å²) >= 11 is 0. The highest BCUT2D eigenvalue weighted by Crippen LogP contribution is 2.04. The van der Waals surface area contributed by atoms with Crippen molar-refractivity contribution in [2.45, 2.75) is 6.54 Å². The number of carboxylic acid groups (broad SMARTS) is 1. The van der Waals surface area contributed by atoms with E-state index in [-0.39, 0.29) is 6.54 Å². The Morgan fingerprint density at radius 1 is 1.29 bits per heavy atom. The Kier molecular flexibility index (Phi) is 3.25. The Bertz CT molecular complexity index is 533. The zero-order valence-corrected chi connectivity index (χ0v) is 8.89. The molecule has 1 heterocycles. The molecule has 2 aromatic rings. The number of tetrazole rings is 1. The molecule has 0 aliphatic rings. The van der Waals surface area contributed by atoms with Crippen LogP contribution < -0.4 is 0 Å². The molecule has 0 aliphatic heterocycles. The highest BCUT2D eigenvalue weighted by atomic mass is 16.4. The van der Waals surface area contributed by atoms with E-state index in [1.807, 2.05) is 36.4 Å². The van der Waals surface area contributed by atoms with Gasteiger partial charge in [-0.05, 0) is 22.1 Å². The fraction of sp³-hybridized carbons (Fsp3) is 0.0909. The fourth-order valence-corrected chi connectivity index (χ4v) is 1.31. The number of carboxylic acids is 1. The quantitative estimate of drug-likeness (QED) is 0.844. The molecule has 0 unspecified atom stereocenters. The van der Waals surface area contributed by atoms with E-state index in [1.54, 1.807) is 6.08 Å². The average molecular weight is 230 g/mol. The van der Waals surface area contributed by atoms with Crippen LogP contribution in [0, 0.1) is 0 Å². The molecule has 17 heavy (non-hydrogen) atoms. The van der Waals surface area contributed by atoms with Crippen molar-refractivity contribution in [1.82, 2.24) is 20.2 Å². The van der Waals surface area contributed by atoms with Gasteiger partial charge in [-0.3, -0.25) is 4.79 Å². The molecule has 2 rings (SSSR count). The Labute approximate surface area is 97.2 Å². The van der Waals surface area contributed by atoms with Gasteiger partial charge in [-0.25, -0.2) is 4.68 Å². The van der Waals surface area contributed by atoms with Gasteiger partial charge < -0.3 is 5.11 Å². The smallest absolute Gasteiger partial charge is 0.325 e. The standard InChI is InChI=1S/C11H10N4O2/c16-11(17)8-15-10(12-13-14-15)7-6-9-4-2-1-3-5-9/h1-7H,8H2,(H,16,17)/b7-6+. The normalized spacial score (nSPS) is 10.8. The summed E-state index contributed by atoms with van der Waals surface area (Å²) in [6.45, 7) is -0.249. The first kappa shape index (κ1) is 11.0. The second-order valence-corrected chi connectivity index (χ2v) is 3.33. The van der Waals surface area contributed by atoms with Crippen LogP contribution in [-0.2, 0) is 11.3 Å². The highest BCUT2D eigenvalue weighted by molar-refractivity contribution is 5.69. The van der Waals surface area contributed by atoms with Crippen LogP contribution in [0.4, 0.5) is 0 Å². The minimum atomic E-state index is -0.980. The molecule has 0 saturated heterocycles. The molecular weight excluding hydrogens is 220 g/mol. The molecule has 1 aromatic carbocycles. The van der Waals surface area contributed by atoms with Crippen LogP contribution in [0.2, 0.25) is 0 Å². The summed E-state index contributed by atoms with van der Waals surface area (Å²) < 4.78 is 1.22. The van der Waals surface area contributed by atoms with Gasteiger partial charge >= 0.3 is 5.97 Å². The molecule has 0 atom stereocenters. The van der Waals surface area contributed by atoms with Gasteiger partial charge in [-0.2, -0.15) is 0 Å². The number of benzene rings is 1. The van der Waals surface area contributed by atoms with Crippen molar-refractivity contribution in [3.63, 3.8) is 0 Å². The van der Waals surface area contributed by atoms with Crippen molar-refractivity contribution in [2.24, 2.45) is 0 Å². The van der Waals surface area contributed by atoms with Crippen LogP contribution in [0.5, 0.6) is 0 Å². The summed E-state index contributed by atoms with van der Waals surface area (Å²) in [5, 5.41) is 19.4. The van der Waals surface area contributed by atoms with Gasteiger partial charge in [0.2, 0.25) is 0 Å². The number of rotatable bonds is 4. The minimum absolute atomic E-state index is 0.249. The summed E-state index contributed by atoms with van der Waals surface area (Å²) in [5.41, 5.74) is 0.998. The highest BCUT2D eigenvalue weighted by Gasteiger charge is 2.05. The van der Waals surface area contributed by atoms with Crippen molar-refractivity contribution >= 4 is 18.1 Å². The maximum absolute atomic E-state index is 10.6. The third kappa shape index (κ3) is 2.97. The monoisotopic (exact) mass is 230 g/mol. The first-order valence-electron chi connectivity index (χ1n) is 4.97. The van der Waals surface area contributed by atoms with Gasteiger partial charge in [-0.15, -0.1) is 5.10 Å². The van der Waals surface area contributed by atoms with Gasteiger partial charge in [0, 0.05) is 0 Å². The minimum Gasteiger partial charge on any atom is -0.480 e. The number of hydrogen-bond acceptors (Lipinski definition) is 4. The lowest BCUT2D eigenvalue weighted by molar-refractivity contribution is -0.137. The van der Waals surface area contributed by atoms with E-state index in [4.69, 9.17) is 5.11 Å². The van der Waals surface area contributed by atoms with Crippen molar-refractivity contribution in [3.05, 3.63) is 41.7 Å². The topological polar surface area (TPSA) is 80.9 Å². The molecule has 0 radical (unpaired) electrons. The average Bonchev–Trinajstić information content (AvgIpc) is 2.74. The van der Waals surface area contributed by atoms with Crippen LogP contribution >= 0.6 is 0 Å². The van der Waals surface area contributed by atoms with Crippen molar-refractivity contribution < 1.29 is 9.90 Å². The molecule has 6 heteroatoms. The third-order valence-electron chi connectivity index (χ3n) is 2.07.